The molecule has 22 heavy (non-hydrogen) atoms. The molecule has 2 N–H and O–H groups in total. The van der Waals surface area contributed by atoms with E-state index >= 15 is 0 Å². The molecule has 0 aromatic carbocycles. The van der Waals surface area contributed by atoms with Crippen molar-refractivity contribution >= 4 is 6.09 Å². The van der Waals surface area contributed by atoms with E-state index in [9.17, 15) is 13.6 Å². The van der Waals surface area contributed by atoms with Gasteiger partial charge in [-0.05, 0) is 34.1 Å². The lowest BCUT2D eigenvalue weighted by Crippen LogP contribution is -2.46. The molecule has 4 nitrogen and oxygen atoms in total. The zero-order valence-electron chi connectivity index (χ0n) is 14.6. The lowest BCUT2D eigenvalue weighted by Gasteiger charge is -2.23. The first kappa shape index (κ1) is 21.1. The summed E-state index contributed by atoms with van der Waals surface area (Å²) < 4.78 is 32.3. The Morgan fingerprint density at radius 1 is 1.14 bits per heavy atom. The van der Waals surface area contributed by atoms with Crippen LogP contribution in [0.2, 0.25) is 0 Å². The average Bonchev–Trinajstić information content (AvgIpc) is 2.38. The van der Waals surface area contributed by atoms with Gasteiger partial charge in [0.2, 0.25) is 0 Å². The largest absolute Gasteiger partial charge is 0.444 e. The van der Waals surface area contributed by atoms with E-state index in [1.54, 1.807) is 20.8 Å². The quantitative estimate of drug-likeness (QED) is 0.596. The number of unbranched alkanes of at least 4 members (excludes halogenated alkanes) is 3. The molecular weight excluding hydrogens is 290 g/mol. The molecule has 0 aliphatic heterocycles. The number of hydrogen-bond donors (Lipinski definition) is 2. The molecule has 1 unspecified atom stereocenters. The lowest BCUT2D eigenvalue weighted by atomic mass is 10.1. The van der Waals surface area contributed by atoms with Gasteiger partial charge in [-0.2, -0.15) is 0 Å². The van der Waals surface area contributed by atoms with Crippen LogP contribution in [0.3, 0.4) is 0 Å². The van der Waals surface area contributed by atoms with Crippen LogP contribution in [0.1, 0.15) is 66.7 Å². The second-order valence-electron chi connectivity index (χ2n) is 6.84. The smallest absolute Gasteiger partial charge is 0.407 e. The Morgan fingerprint density at radius 3 is 2.32 bits per heavy atom. The molecule has 0 rings (SSSR count). The molecule has 0 aromatic rings. The fraction of sp³-hybridized carbons (Fsp3) is 0.938. The van der Waals surface area contributed by atoms with Crippen molar-refractivity contribution in [2.45, 2.75) is 84.3 Å². The summed E-state index contributed by atoms with van der Waals surface area (Å²) in [6.45, 7) is 7.93. The first-order chi connectivity index (χ1) is 10.1. The first-order valence-electron chi connectivity index (χ1n) is 8.14. The Kier molecular flexibility index (Phi) is 9.56. The van der Waals surface area contributed by atoms with Gasteiger partial charge < -0.3 is 15.4 Å². The fourth-order valence-corrected chi connectivity index (χ4v) is 1.88. The maximum Gasteiger partial charge on any atom is 0.407 e. The number of carbonyl (C=O) groups excluding carboxylic acids is 1. The Hall–Kier alpha value is -0.910. The first-order valence-corrected chi connectivity index (χ1v) is 8.14. The van der Waals surface area contributed by atoms with Crippen molar-refractivity contribution in [2.75, 3.05) is 13.1 Å². The van der Waals surface area contributed by atoms with Crippen molar-refractivity contribution in [3.8, 4) is 0 Å². The molecule has 0 fully saturated rings. The van der Waals surface area contributed by atoms with Crippen LogP contribution in [0, 0.1) is 0 Å². The second-order valence-corrected chi connectivity index (χ2v) is 6.84. The fourth-order valence-electron chi connectivity index (χ4n) is 1.88. The molecule has 0 spiro atoms. The van der Waals surface area contributed by atoms with Gasteiger partial charge in [0, 0.05) is 6.04 Å². The van der Waals surface area contributed by atoms with Gasteiger partial charge in [0.15, 0.2) is 0 Å². The highest BCUT2D eigenvalue weighted by atomic mass is 19.3. The van der Waals surface area contributed by atoms with Gasteiger partial charge in [0.25, 0.3) is 5.92 Å². The topological polar surface area (TPSA) is 50.4 Å². The van der Waals surface area contributed by atoms with Crippen LogP contribution >= 0.6 is 0 Å². The lowest BCUT2D eigenvalue weighted by molar-refractivity contribution is -0.00540. The standard InChI is InChI=1S/C16H32F2N2O2/c1-6-7-8-9-10-13(2)19-11-16(17,18)12-20-14(21)22-15(3,4)5/h13,19H,6-12H2,1-5H3,(H,20,21). The van der Waals surface area contributed by atoms with Gasteiger partial charge in [-0.3, -0.25) is 0 Å². The van der Waals surface area contributed by atoms with Crippen LogP contribution in [0.25, 0.3) is 0 Å². The number of nitrogens with one attached hydrogen (secondary N) is 2. The average molecular weight is 322 g/mol. The van der Waals surface area contributed by atoms with Crippen molar-refractivity contribution in [3.05, 3.63) is 0 Å². The molecule has 0 saturated heterocycles. The van der Waals surface area contributed by atoms with E-state index in [0.29, 0.717) is 0 Å². The Labute approximate surface area is 133 Å². The van der Waals surface area contributed by atoms with Crippen LogP contribution in [0.4, 0.5) is 13.6 Å². The summed E-state index contributed by atoms with van der Waals surface area (Å²) in [4.78, 5) is 11.4. The summed E-state index contributed by atoms with van der Waals surface area (Å²) in [6.07, 6.45) is 4.59. The number of alkyl halides is 2. The van der Waals surface area contributed by atoms with Crippen LogP contribution in [0.15, 0.2) is 0 Å². The highest BCUT2D eigenvalue weighted by Crippen LogP contribution is 2.13. The highest BCUT2D eigenvalue weighted by molar-refractivity contribution is 5.67. The Morgan fingerprint density at radius 2 is 1.77 bits per heavy atom. The number of hydrogen-bond acceptors (Lipinski definition) is 3. The van der Waals surface area contributed by atoms with Crippen LogP contribution in [-0.4, -0.2) is 36.7 Å². The minimum absolute atomic E-state index is 0.0456. The van der Waals surface area contributed by atoms with E-state index in [0.717, 1.165) is 25.7 Å². The predicted octanol–water partition coefficient (Wildman–Crippen LogP) is 4.09. The Bertz CT molecular complexity index is 318. The minimum atomic E-state index is -2.99. The van der Waals surface area contributed by atoms with Gasteiger partial charge in [-0.1, -0.05) is 32.6 Å². The number of halogens is 2. The SMILES string of the molecule is CCCCCCC(C)NCC(F)(F)CNC(=O)OC(C)(C)C. The third kappa shape index (κ3) is 12.8. The van der Waals surface area contributed by atoms with Gasteiger partial charge in [-0.25, -0.2) is 13.6 Å². The minimum Gasteiger partial charge on any atom is -0.444 e. The maximum atomic E-state index is 13.7. The van der Waals surface area contributed by atoms with Gasteiger partial charge in [0.1, 0.15) is 5.60 Å². The Balaban J connectivity index is 3.91. The number of carbonyl (C=O) groups is 1. The molecule has 0 aromatic heterocycles. The number of rotatable bonds is 10. The van der Waals surface area contributed by atoms with E-state index in [1.807, 2.05) is 6.92 Å². The zero-order chi connectivity index (χ0) is 17.2. The number of ether oxygens (including phenoxy) is 1. The van der Waals surface area contributed by atoms with E-state index in [1.165, 1.54) is 6.42 Å². The summed E-state index contributed by atoms with van der Waals surface area (Å²) in [7, 11) is 0. The molecule has 1 amide bonds. The van der Waals surface area contributed by atoms with Crippen molar-refractivity contribution in [1.82, 2.24) is 10.6 Å². The second kappa shape index (κ2) is 9.98. The van der Waals surface area contributed by atoms with Crippen molar-refractivity contribution in [2.24, 2.45) is 0 Å². The molecule has 0 bridgehead atoms. The highest BCUT2D eigenvalue weighted by Gasteiger charge is 2.30. The molecular formula is C16H32F2N2O2. The molecule has 0 heterocycles. The molecule has 1 atom stereocenters. The zero-order valence-corrected chi connectivity index (χ0v) is 14.6. The molecule has 0 aliphatic carbocycles. The molecule has 6 heteroatoms. The maximum absolute atomic E-state index is 13.7. The van der Waals surface area contributed by atoms with Crippen LogP contribution in [0.5, 0.6) is 0 Å². The molecule has 0 saturated carbocycles. The summed E-state index contributed by atoms with van der Waals surface area (Å²) in [6, 6.07) is 0.0456. The van der Waals surface area contributed by atoms with E-state index in [-0.39, 0.29) is 6.04 Å². The number of amides is 1. The summed E-state index contributed by atoms with van der Waals surface area (Å²) in [5.74, 6) is -2.99. The van der Waals surface area contributed by atoms with Gasteiger partial charge >= 0.3 is 6.09 Å². The summed E-state index contributed by atoms with van der Waals surface area (Å²) in [5.41, 5.74) is -0.690. The van der Waals surface area contributed by atoms with E-state index in [2.05, 4.69) is 17.6 Å². The van der Waals surface area contributed by atoms with E-state index in [4.69, 9.17) is 4.74 Å². The van der Waals surface area contributed by atoms with Gasteiger partial charge in [-0.15, -0.1) is 0 Å². The summed E-state index contributed by atoms with van der Waals surface area (Å²) in [5, 5.41) is 4.94. The van der Waals surface area contributed by atoms with Crippen molar-refractivity contribution < 1.29 is 18.3 Å². The monoisotopic (exact) mass is 322 g/mol. The molecule has 0 radical (unpaired) electrons. The molecule has 0 aliphatic rings. The van der Waals surface area contributed by atoms with E-state index < -0.39 is 30.7 Å². The normalized spacial score (nSPS) is 13.8. The van der Waals surface area contributed by atoms with Crippen LogP contribution in [-0.2, 0) is 4.74 Å². The third-order valence-corrected chi connectivity index (χ3v) is 3.09. The van der Waals surface area contributed by atoms with Crippen LogP contribution < -0.4 is 10.6 Å². The van der Waals surface area contributed by atoms with Crippen molar-refractivity contribution in [3.63, 3.8) is 0 Å². The van der Waals surface area contributed by atoms with Gasteiger partial charge in [0.05, 0.1) is 13.1 Å². The third-order valence-electron chi connectivity index (χ3n) is 3.09. The van der Waals surface area contributed by atoms with Crippen molar-refractivity contribution in [1.29, 1.82) is 0 Å². The molecule has 132 valence electrons. The predicted molar refractivity (Wildman–Crippen MR) is 85.4 cm³/mol. The number of alkyl carbamates (subject to hydrolysis) is 1. The summed E-state index contributed by atoms with van der Waals surface area (Å²) >= 11 is 0.